The zero-order valence-electron chi connectivity index (χ0n) is 10.0. The largest absolute Gasteiger partial charge is 0.461 e. The molecule has 0 aromatic rings. The molecule has 1 rings (SSSR count). The van der Waals surface area contributed by atoms with Crippen LogP contribution in [0.25, 0.3) is 0 Å². The van der Waals surface area contributed by atoms with Crippen molar-refractivity contribution in [2.45, 2.75) is 38.4 Å². The van der Waals surface area contributed by atoms with Crippen LogP contribution in [0.3, 0.4) is 0 Å². The maximum atomic E-state index is 11.3. The van der Waals surface area contributed by atoms with E-state index in [9.17, 15) is 4.79 Å². The number of hydrogen-bond acceptors (Lipinski definition) is 5. The Morgan fingerprint density at radius 1 is 1.44 bits per heavy atom. The van der Waals surface area contributed by atoms with E-state index in [4.69, 9.17) is 19.9 Å². The summed E-state index contributed by atoms with van der Waals surface area (Å²) in [5, 5.41) is 0. The van der Waals surface area contributed by atoms with Crippen LogP contribution in [0.4, 0.5) is 0 Å². The highest BCUT2D eigenvalue weighted by Crippen LogP contribution is 2.23. The van der Waals surface area contributed by atoms with E-state index in [1.165, 1.54) is 0 Å². The van der Waals surface area contributed by atoms with Gasteiger partial charge in [0.1, 0.15) is 6.61 Å². The third-order valence-electron chi connectivity index (χ3n) is 2.64. The van der Waals surface area contributed by atoms with Crippen molar-refractivity contribution in [3.8, 4) is 0 Å². The molecule has 0 radical (unpaired) electrons. The highest BCUT2D eigenvalue weighted by Gasteiger charge is 2.33. The van der Waals surface area contributed by atoms with Gasteiger partial charge in [-0.1, -0.05) is 0 Å². The fraction of sp³-hybridized carbons (Fsp3) is 0.909. The Bertz CT molecular complexity index is 224. The van der Waals surface area contributed by atoms with Gasteiger partial charge in [-0.05, 0) is 13.8 Å². The third kappa shape index (κ3) is 4.08. The van der Waals surface area contributed by atoms with E-state index in [2.05, 4.69) is 0 Å². The Hall–Kier alpha value is -0.650. The Morgan fingerprint density at radius 2 is 2.06 bits per heavy atom. The van der Waals surface area contributed by atoms with E-state index in [1.54, 1.807) is 0 Å². The predicted octanol–water partition coefficient (Wildman–Crippen LogP) is 0.463. The molecule has 1 fully saturated rings. The standard InChI is InChI=1S/C11H21NO4/c1-9(2)16-10(13)7-15-11(8-12)3-5-14-6-4-11/h9H,3-8,12H2,1-2H3. The zero-order chi connectivity index (χ0) is 12.0. The van der Waals surface area contributed by atoms with Crippen LogP contribution in [0.2, 0.25) is 0 Å². The average molecular weight is 231 g/mol. The smallest absolute Gasteiger partial charge is 0.332 e. The van der Waals surface area contributed by atoms with Crippen LogP contribution in [0, 0.1) is 0 Å². The van der Waals surface area contributed by atoms with E-state index < -0.39 is 5.60 Å². The molecule has 94 valence electrons. The van der Waals surface area contributed by atoms with Crippen molar-refractivity contribution in [2.24, 2.45) is 5.73 Å². The van der Waals surface area contributed by atoms with Gasteiger partial charge in [0.25, 0.3) is 0 Å². The first kappa shape index (κ1) is 13.4. The number of esters is 1. The molecule has 16 heavy (non-hydrogen) atoms. The van der Waals surface area contributed by atoms with Crippen LogP contribution in [0.1, 0.15) is 26.7 Å². The molecule has 0 amide bonds. The molecule has 1 saturated heterocycles. The molecule has 1 heterocycles. The van der Waals surface area contributed by atoms with Crippen molar-refractivity contribution < 1.29 is 19.0 Å². The van der Waals surface area contributed by atoms with Crippen molar-refractivity contribution in [3.05, 3.63) is 0 Å². The summed E-state index contributed by atoms with van der Waals surface area (Å²) >= 11 is 0. The molecule has 0 bridgehead atoms. The van der Waals surface area contributed by atoms with Gasteiger partial charge < -0.3 is 19.9 Å². The van der Waals surface area contributed by atoms with Gasteiger partial charge in [0.05, 0.1) is 11.7 Å². The van der Waals surface area contributed by atoms with Crippen LogP contribution in [0.15, 0.2) is 0 Å². The minimum atomic E-state index is -0.408. The fourth-order valence-electron chi connectivity index (χ4n) is 1.66. The first-order valence-electron chi connectivity index (χ1n) is 5.69. The maximum absolute atomic E-state index is 11.3. The quantitative estimate of drug-likeness (QED) is 0.696. The summed E-state index contributed by atoms with van der Waals surface area (Å²) in [6.45, 7) is 5.27. The van der Waals surface area contributed by atoms with Crippen LogP contribution in [0.5, 0.6) is 0 Å². The lowest BCUT2D eigenvalue weighted by atomic mass is 9.94. The van der Waals surface area contributed by atoms with Crippen LogP contribution < -0.4 is 5.73 Å². The first-order valence-corrected chi connectivity index (χ1v) is 5.69. The molecule has 0 atom stereocenters. The summed E-state index contributed by atoms with van der Waals surface area (Å²) in [5.74, 6) is -0.339. The average Bonchev–Trinajstić information content (AvgIpc) is 2.27. The lowest BCUT2D eigenvalue weighted by molar-refractivity contribution is -0.165. The Morgan fingerprint density at radius 3 is 2.56 bits per heavy atom. The molecule has 2 N–H and O–H groups in total. The first-order chi connectivity index (χ1) is 7.58. The molecular formula is C11H21NO4. The summed E-state index contributed by atoms with van der Waals surface area (Å²) in [4.78, 5) is 11.3. The van der Waals surface area contributed by atoms with Gasteiger partial charge in [0, 0.05) is 32.6 Å². The van der Waals surface area contributed by atoms with Gasteiger partial charge >= 0.3 is 5.97 Å². The summed E-state index contributed by atoms with van der Waals surface area (Å²) in [6.07, 6.45) is 1.36. The molecule has 1 aliphatic heterocycles. The highest BCUT2D eigenvalue weighted by molar-refractivity contribution is 5.70. The minimum absolute atomic E-state index is 0.0324. The van der Waals surface area contributed by atoms with Crippen molar-refractivity contribution in [1.29, 1.82) is 0 Å². The summed E-state index contributed by atoms with van der Waals surface area (Å²) in [5.41, 5.74) is 5.28. The molecule has 0 unspecified atom stereocenters. The predicted molar refractivity (Wildman–Crippen MR) is 59.0 cm³/mol. The lowest BCUT2D eigenvalue weighted by Crippen LogP contribution is -2.46. The Kier molecular flexibility index (Phi) is 5.18. The second-order valence-corrected chi connectivity index (χ2v) is 4.33. The molecule has 0 spiro atoms. The number of carbonyl (C=O) groups excluding carboxylic acids is 1. The molecule has 5 heteroatoms. The SMILES string of the molecule is CC(C)OC(=O)COC1(CN)CCOCC1. The topological polar surface area (TPSA) is 70.8 Å². The van der Waals surface area contributed by atoms with Crippen molar-refractivity contribution in [3.63, 3.8) is 0 Å². The van der Waals surface area contributed by atoms with Gasteiger partial charge in [-0.2, -0.15) is 0 Å². The molecule has 0 saturated carbocycles. The van der Waals surface area contributed by atoms with Gasteiger partial charge in [0.15, 0.2) is 0 Å². The molecule has 1 aliphatic rings. The summed E-state index contributed by atoms with van der Waals surface area (Å²) < 4.78 is 15.8. The zero-order valence-corrected chi connectivity index (χ0v) is 10.0. The van der Waals surface area contributed by atoms with E-state index in [1.807, 2.05) is 13.8 Å². The Labute approximate surface area is 96.2 Å². The molecule has 5 nitrogen and oxygen atoms in total. The molecular weight excluding hydrogens is 210 g/mol. The molecule has 0 aromatic carbocycles. The normalized spacial score (nSPS) is 19.8. The second-order valence-electron chi connectivity index (χ2n) is 4.33. The molecule has 0 aliphatic carbocycles. The van der Waals surface area contributed by atoms with Crippen molar-refractivity contribution >= 4 is 5.97 Å². The van der Waals surface area contributed by atoms with Crippen molar-refractivity contribution in [2.75, 3.05) is 26.4 Å². The highest BCUT2D eigenvalue weighted by atomic mass is 16.6. The lowest BCUT2D eigenvalue weighted by Gasteiger charge is -2.35. The summed E-state index contributed by atoms with van der Waals surface area (Å²) in [6, 6.07) is 0. The number of rotatable bonds is 5. The summed E-state index contributed by atoms with van der Waals surface area (Å²) in [7, 11) is 0. The Balaban J connectivity index is 2.35. The van der Waals surface area contributed by atoms with E-state index in [-0.39, 0.29) is 18.7 Å². The van der Waals surface area contributed by atoms with E-state index in [0.717, 1.165) is 12.8 Å². The van der Waals surface area contributed by atoms with Crippen LogP contribution in [-0.4, -0.2) is 44.0 Å². The van der Waals surface area contributed by atoms with Gasteiger partial charge in [-0.15, -0.1) is 0 Å². The number of nitrogens with two attached hydrogens (primary N) is 1. The minimum Gasteiger partial charge on any atom is -0.461 e. The second kappa shape index (κ2) is 6.18. The number of ether oxygens (including phenoxy) is 3. The van der Waals surface area contributed by atoms with E-state index >= 15 is 0 Å². The monoisotopic (exact) mass is 231 g/mol. The van der Waals surface area contributed by atoms with Gasteiger partial charge in [-0.3, -0.25) is 0 Å². The molecule has 0 aromatic heterocycles. The maximum Gasteiger partial charge on any atom is 0.332 e. The number of hydrogen-bond donors (Lipinski definition) is 1. The fourth-order valence-corrected chi connectivity index (χ4v) is 1.66. The number of carbonyl (C=O) groups is 1. The van der Waals surface area contributed by atoms with E-state index in [0.29, 0.717) is 19.8 Å². The van der Waals surface area contributed by atoms with Gasteiger partial charge in [-0.25, -0.2) is 4.79 Å². The van der Waals surface area contributed by atoms with Crippen LogP contribution in [-0.2, 0) is 19.0 Å². The van der Waals surface area contributed by atoms with Crippen LogP contribution >= 0.6 is 0 Å². The third-order valence-corrected chi connectivity index (χ3v) is 2.64. The van der Waals surface area contributed by atoms with Gasteiger partial charge in [0.2, 0.25) is 0 Å². The van der Waals surface area contributed by atoms with Crippen molar-refractivity contribution in [1.82, 2.24) is 0 Å².